The van der Waals surface area contributed by atoms with Crippen molar-refractivity contribution in [2.75, 3.05) is 0 Å². The maximum atomic E-state index is 2.45. The van der Waals surface area contributed by atoms with Gasteiger partial charge in [0.25, 0.3) is 0 Å². The molecule has 5 aliphatic rings. The van der Waals surface area contributed by atoms with Crippen molar-refractivity contribution in [3.05, 3.63) is 237 Å². The molecule has 1 atom stereocenters. The molecule has 8 aromatic carbocycles. The number of rotatable bonds is 0. The third kappa shape index (κ3) is 5.65. The first-order valence-corrected chi connectivity index (χ1v) is 22.2. The van der Waals surface area contributed by atoms with Crippen LogP contribution in [0.2, 0.25) is 0 Å². The van der Waals surface area contributed by atoms with Crippen molar-refractivity contribution in [3.63, 3.8) is 0 Å². The van der Waals surface area contributed by atoms with Gasteiger partial charge in [-0.25, -0.2) is 0 Å². The SMILES string of the molecule is C1=Cc2ccccc2C(=C2CCCc3c2ccc2ccccc32)c2ccccc21.C1=Cc2ccccc2C2(SC23CCCc2c3ccc3ccccc23)c2ccccc21.[Cu]. The quantitative estimate of drug-likeness (QED) is 0.108. The molecule has 4 aliphatic carbocycles. The summed E-state index contributed by atoms with van der Waals surface area (Å²) in [5.41, 5.74) is 20.0. The molecule has 293 valence electrons. The molecule has 1 fully saturated rings. The number of allylic oxidation sites excluding steroid dienone is 1. The molecule has 0 bridgehead atoms. The minimum absolute atomic E-state index is 0. The van der Waals surface area contributed by atoms with Gasteiger partial charge in [0, 0.05) is 17.1 Å². The summed E-state index contributed by atoms with van der Waals surface area (Å²) in [4.78, 5) is 0. The number of fused-ring (bicyclic) bond motifs is 14. The molecule has 0 N–H and O–H groups in total. The Morgan fingerprint density at radius 3 is 1.53 bits per heavy atom. The number of thioether (sulfide) groups is 1. The fourth-order valence-electron chi connectivity index (χ4n) is 11.2. The van der Waals surface area contributed by atoms with Gasteiger partial charge in [-0.2, -0.15) is 0 Å². The zero-order valence-corrected chi connectivity index (χ0v) is 35.2. The molecular weight excluding hydrogens is 792 g/mol. The van der Waals surface area contributed by atoms with Crippen molar-refractivity contribution >= 4 is 68.8 Å². The van der Waals surface area contributed by atoms with Gasteiger partial charge in [0.2, 0.25) is 0 Å². The standard InChI is InChI=1S/C29H22S.C29H22.Cu/c1-4-11-23-20(8-1)17-18-27-24(23)12-7-19-28(27)29(30-28)25-13-5-2-9-21(25)15-16-22-10-3-6-14-26(22)29;1-4-11-23-20(8-1)18-19-27-26(23)14-7-15-28(27)29-24-12-5-2-9-21(24)16-17-22-10-3-6-13-25(22)29;/h1-6,8-11,13-18H,7,12,19H2;1-6,8-13,16-19H,7,14-15H2;. The molecule has 1 aliphatic heterocycles. The maximum Gasteiger partial charge on any atom is 0.0866 e. The summed E-state index contributed by atoms with van der Waals surface area (Å²) in [6.07, 6.45) is 16.4. The Labute approximate surface area is 368 Å². The van der Waals surface area contributed by atoms with Crippen LogP contribution in [0.3, 0.4) is 0 Å². The van der Waals surface area contributed by atoms with Gasteiger partial charge in [0.15, 0.2) is 0 Å². The minimum Gasteiger partial charge on any atom is -0.130 e. The summed E-state index contributed by atoms with van der Waals surface area (Å²) in [6.45, 7) is 0. The van der Waals surface area contributed by atoms with Crippen LogP contribution in [-0.2, 0) is 39.4 Å². The van der Waals surface area contributed by atoms with E-state index in [1.54, 1.807) is 11.1 Å². The largest absolute Gasteiger partial charge is 0.130 e. The van der Waals surface area contributed by atoms with E-state index in [9.17, 15) is 0 Å². The van der Waals surface area contributed by atoms with Gasteiger partial charge in [-0.1, -0.05) is 194 Å². The van der Waals surface area contributed by atoms with Gasteiger partial charge >= 0.3 is 0 Å². The normalized spacial score (nSPS) is 18.4. The third-order valence-electron chi connectivity index (χ3n) is 13.8. The summed E-state index contributed by atoms with van der Waals surface area (Å²) in [7, 11) is 0. The minimum atomic E-state index is 0. The van der Waals surface area contributed by atoms with Crippen molar-refractivity contribution in [2.24, 2.45) is 0 Å². The number of benzene rings is 8. The average molecular weight is 837 g/mol. The molecule has 2 heteroatoms. The smallest absolute Gasteiger partial charge is 0.0866 e. The predicted molar refractivity (Wildman–Crippen MR) is 253 cm³/mol. The zero-order chi connectivity index (χ0) is 39.0. The molecule has 1 unspecified atom stereocenters. The number of hydrogen-bond donors (Lipinski definition) is 0. The Morgan fingerprint density at radius 1 is 0.383 bits per heavy atom. The van der Waals surface area contributed by atoms with Crippen LogP contribution in [0, 0.1) is 0 Å². The van der Waals surface area contributed by atoms with E-state index in [0.29, 0.717) is 0 Å². The van der Waals surface area contributed by atoms with E-state index in [2.05, 4.69) is 206 Å². The third-order valence-corrected chi connectivity index (χ3v) is 15.8. The Kier molecular flexibility index (Phi) is 9.23. The number of aryl methyl sites for hydroxylation is 2. The molecule has 1 heterocycles. The topological polar surface area (TPSA) is 0 Å². The first-order valence-electron chi connectivity index (χ1n) is 21.4. The van der Waals surface area contributed by atoms with Gasteiger partial charge < -0.3 is 0 Å². The molecule has 2 spiro atoms. The Bertz CT molecular complexity index is 3010. The first kappa shape index (κ1) is 37.4. The van der Waals surface area contributed by atoms with Gasteiger partial charge in [-0.3, -0.25) is 0 Å². The molecule has 13 rings (SSSR count). The molecule has 8 aromatic rings. The van der Waals surface area contributed by atoms with Gasteiger partial charge in [-0.05, 0) is 138 Å². The van der Waals surface area contributed by atoms with Crippen LogP contribution in [0.25, 0.3) is 57.0 Å². The van der Waals surface area contributed by atoms with Gasteiger partial charge in [-0.15, -0.1) is 11.8 Å². The summed E-state index contributed by atoms with van der Waals surface area (Å²) in [5, 5.41) is 5.58. The van der Waals surface area contributed by atoms with Crippen LogP contribution in [0.1, 0.15) is 92.4 Å². The fourth-order valence-corrected chi connectivity index (χ4v) is 13.3. The first-order chi connectivity index (χ1) is 29.2. The predicted octanol–water partition coefficient (Wildman–Crippen LogP) is 15.2. The van der Waals surface area contributed by atoms with Crippen molar-refractivity contribution in [3.8, 4) is 0 Å². The van der Waals surface area contributed by atoms with Gasteiger partial charge in [0.05, 0.1) is 9.49 Å². The summed E-state index contributed by atoms with van der Waals surface area (Å²) >= 11 is 2.19. The van der Waals surface area contributed by atoms with Crippen LogP contribution in [-0.4, -0.2) is 0 Å². The molecule has 0 saturated carbocycles. The van der Waals surface area contributed by atoms with Crippen LogP contribution in [0.4, 0.5) is 0 Å². The second-order valence-electron chi connectivity index (χ2n) is 16.8. The van der Waals surface area contributed by atoms with Crippen molar-refractivity contribution < 1.29 is 17.1 Å². The van der Waals surface area contributed by atoms with E-state index in [1.165, 1.54) is 114 Å². The molecule has 1 saturated heterocycles. The fraction of sp³-hybridized carbons (Fsp3) is 0.138. The maximum absolute atomic E-state index is 2.45. The second-order valence-corrected chi connectivity index (χ2v) is 18.3. The van der Waals surface area contributed by atoms with Crippen molar-refractivity contribution in [1.29, 1.82) is 0 Å². The van der Waals surface area contributed by atoms with Crippen LogP contribution >= 0.6 is 11.8 Å². The van der Waals surface area contributed by atoms with E-state index in [0.717, 1.165) is 12.8 Å². The number of hydrogen-bond acceptors (Lipinski definition) is 1. The monoisotopic (exact) mass is 835 g/mol. The van der Waals surface area contributed by atoms with Crippen LogP contribution in [0.5, 0.6) is 0 Å². The average Bonchev–Trinajstić information content (AvgIpc) is 4.03. The molecule has 0 aromatic heterocycles. The van der Waals surface area contributed by atoms with Crippen molar-refractivity contribution in [2.45, 2.75) is 48.0 Å². The van der Waals surface area contributed by atoms with E-state index < -0.39 is 0 Å². The van der Waals surface area contributed by atoms with Gasteiger partial charge in [0.1, 0.15) is 0 Å². The Hall–Kier alpha value is -5.63. The molecule has 0 amide bonds. The molecular formula is C58H44CuS. The van der Waals surface area contributed by atoms with Crippen LogP contribution in [0.15, 0.2) is 170 Å². The van der Waals surface area contributed by atoms with E-state index in [-0.39, 0.29) is 26.6 Å². The summed E-state index contributed by atoms with van der Waals surface area (Å²) in [6, 6.07) is 63.0. The Balaban J connectivity index is 0.000000134. The zero-order valence-electron chi connectivity index (χ0n) is 33.4. The van der Waals surface area contributed by atoms with Crippen molar-refractivity contribution in [1.82, 2.24) is 0 Å². The van der Waals surface area contributed by atoms with Crippen LogP contribution < -0.4 is 0 Å². The summed E-state index contributed by atoms with van der Waals surface area (Å²) < 4.78 is 0.129. The van der Waals surface area contributed by atoms with E-state index in [4.69, 9.17) is 0 Å². The Morgan fingerprint density at radius 2 is 0.883 bits per heavy atom. The van der Waals surface area contributed by atoms with E-state index in [1.807, 2.05) is 0 Å². The summed E-state index contributed by atoms with van der Waals surface area (Å²) in [5.74, 6) is 0. The molecule has 0 nitrogen and oxygen atoms in total. The molecule has 60 heavy (non-hydrogen) atoms. The molecule has 1 radical (unpaired) electrons. The van der Waals surface area contributed by atoms with E-state index >= 15 is 0 Å². The second kappa shape index (κ2) is 14.8.